The Labute approximate surface area is 135 Å². The number of halogens is 1. The van der Waals surface area contributed by atoms with E-state index in [1.54, 1.807) is 0 Å². The minimum Gasteiger partial charge on any atom is -0.488 e. The molecule has 0 spiro atoms. The van der Waals surface area contributed by atoms with Crippen molar-refractivity contribution in [2.24, 2.45) is 0 Å². The summed E-state index contributed by atoms with van der Waals surface area (Å²) < 4.78 is 6.86. The summed E-state index contributed by atoms with van der Waals surface area (Å²) in [4.78, 5) is 0. The fourth-order valence-corrected chi connectivity index (χ4v) is 2.58. The maximum atomic E-state index is 5.85. The van der Waals surface area contributed by atoms with E-state index in [4.69, 9.17) is 4.74 Å². The topological polar surface area (TPSA) is 21.3 Å². The average molecular weight is 348 g/mol. The van der Waals surface area contributed by atoms with Crippen LogP contribution >= 0.6 is 15.9 Å². The second-order valence-corrected chi connectivity index (χ2v) is 5.92. The summed E-state index contributed by atoms with van der Waals surface area (Å²) in [6.07, 6.45) is 2.45. The molecule has 0 atom stereocenters. The summed E-state index contributed by atoms with van der Waals surface area (Å²) in [6, 6.07) is 16.5. The van der Waals surface area contributed by atoms with Crippen LogP contribution in [0, 0.1) is 0 Å². The monoisotopic (exact) mass is 347 g/mol. The highest BCUT2D eigenvalue weighted by molar-refractivity contribution is 9.10. The third-order valence-electron chi connectivity index (χ3n) is 3.27. The second kappa shape index (κ2) is 8.85. The standard InChI is InChI=1S/C18H22BrNO/c1-2-3-11-20-13-16-9-10-18(17(19)12-16)21-14-15-7-5-4-6-8-15/h4-10,12,20H,2-3,11,13-14H2,1H3. The number of unbranched alkanes of at least 4 members (excludes halogenated alkanes) is 1. The molecule has 0 aliphatic heterocycles. The SMILES string of the molecule is CCCCNCc1ccc(OCc2ccccc2)c(Br)c1. The molecule has 0 fully saturated rings. The molecular formula is C18H22BrNO. The second-order valence-electron chi connectivity index (χ2n) is 5.07. The van der Waals surface area contributed by atoms with E-state index in [1.165, 1.54) is 24.0 Å². The number of nitrogens with one attached hydrogen (secondary N) is 1. The van der Waals surface area contributed by atoms with Gasteiger partial charge in [0.1, 0.15) is 12.4 Å². The van der Waals surface area contributed by atoms with Gasteiger partial charge in [-0.3, -0.25) is 0 Å². The lowest BCUT2D eigenvalue weighted by molar-refractivity contribution is 0.304. The number of hydrogen-bond donors (Lipinski definition) is 1. The van der Waals surface area contributed by atoms with Crippen LogP contribution in [0.5, 0.6) is 5.75 Å². The smallest absolute Gasteiger partial charge is 0.134 e. The molecule has 0 heterocycles. The van der Waals surface area contributed by atoms with Gasteiger partial charge in [-0.25, -0.2) is 0 Å². The highest BCUT2D eigenvalue weighted by atomic mass is 79.9. The van der Waals surface area contributed by atoms with Crippen LogP contribution in [0.15, 0.2) is 53.0 Å². The first-order valence-electron chi connectivity index (χ1n) is 7.45. The molecule has 0 aliphatic carbocycles. The van der Waals surface area contributed by atoms with Crippen molar-refractivity contribution < 1.29 is 4.74 Å². The van der Waals surface area contributed by atoms with Crippen LogP contribution in [0.2, 0.25) is 0 Å². The number of benzene rings is 2. The lowest BCUT2D eigenvalue weighted by Gasteiger charge is -2.10. The molecule has 0 saturated carbocycles. The zero-order valence-electron chi connectivity index (χ0n) is 12.4. The molecule has 0 saturated heterocycles. The summed E-state index contributed by atoms with van der Waals surface area (Å²) in [7, 11) is 0. The van der Waals surface area contributed by atoms with Gasteiger partial charge in [0.25, 0.3) is 0 Å². The molecule has 2 rings (SSSR count). The van der Waals surface area contributed by atoms with E-state index in [9.17, 15) is 0 Å². The van der Waals surface area contributed by atoms with Gasteiger partial charge in [0, 0.05) is 6.54 Å². The fourth-order valence-electron chi connectivity index (χ4n) is 2.04. The largest absolute Gasteiger partial charge is 0.488 e. The Balaban J connectivity index is 1.87. The van der Waals surface area contributed by atoms with Crippen LogP contribution in [0.1, 0.15) is 30.9 Å². The molecule has 0 unspecified atom stereocenters. The predicted molar refractivity (Wildman–Crippen MR) is 91.5 cm³/mol. The molecule has 3 heteroatoms. The molecule has 0 amide bonds. The minimum absolute atomic E-state index is 0.591. The van der Waals surface area contributed by atoms with Crippen molar-refractivity contribution in [1.29, 1.82) is 0 Å². The van der Waals surface area contributed by atoms with Crippen molar-refractivity contribution in [2.75, 3.05) is 6.54 Å². The zero-order valence-corrected chi connectivity index (χ0v) is 14.0. The van der Waals surface area contributed by atoms with Gasteiger partial charge in [-0.2, -0.15) is 0 Å². The van der Waals surface area contributed by atoms with Crippen molar-refractivity contribution in [1.82, 2.24) is 5.32 Å². The van der Waals surface area contributed by atoms with E-state index in [2.05, 4.69) is 52.4 Å². The Morgan fingerprint density at radius 3 is 2.57 bits per heavy atom. The summed E-state index contributed by atoms with van der Waals surface area (Å²) in [5.74, 6) is 0.885. The molecule has 0 aromatic heterocycles. The van der Waals surface area contributed by atoms with E-state index in [0.717, 1.165) is 23.3 Å². The van der Waals surface area contributed by atoms with E-state index in [0.29, 0.717) is 6.61 Å². The first-order chi connectivity index (χ1) is 10.3. The van der Waals surface area contributed by atoms with Crippen LogP contribution in [0.4, 0.5) is 0 Å². The lowest BCUT2D eigenvalue weighted by Crippen LogP contribution is -2.14. The number of hydrogen-bond acceptors (Lipinski definition) is 2. The summed E-state index contributed by atoms with van der Waals surface area (Å²) in [5, 5.41) is 3.45. The summed E-state index contributed by atoms with van der Waals surface area (Å²) in [5.41, 5.74) is 2.44. The zero-order chi connectivity index (χ0) is 14.9. The third-order valence-corrected chi connectivity index (χ3v) is 3.89. The van der Waals surface area contributed by atoms with Crippen LogP contribution in [-0.2, 0) is 13.2 Å². The first kappa shape index (κ1) is 16.1. The quantitative estimate of drug-likeness (QED) is 0.684. The summed E-state index contributed by atoms with van der Waals surface area (Å²) >= 11 is 3.59. The van der Waals surface area contributed by atoms with Gasteiger partial charge in [0.15, 0.2) is 0 Å². The van der Waals surface area contributed by atoms with Crippen LogP contribution < -0.4 is 10.1 Å². The van der Waals surface area contributed by atoms with Crippen molar-refractivity contribution in [3.8, 4) is 5.75 Å². The molecule has 112 valence electrons. The molecule has 0 bridgehead atoms. The van der Waals surface area contributed by atoms with Gasteiger partial charge in [0.05, 0.1) is 4.47 Å². The van der Waals surface area contributed by atoms with Gasteiger partial charge in [-0.15, -0.1) is 0 Å². The molecule has 2 nitrogen and oxygen atoms in total. The summed E-state index contributed by atoms with van der Waals surface area (Å²) in [6.45, 7) is 4.77. The van der Waals surface area contributed by atoms with Crippen LogP contribution in [0.25, 0.3) is 0 Å². The van der Waals surface area contributed by atoms with Crippen LogP contribution in [0.3, 0.4) is 0 Å². The van der Waals surface area contributed by atoms with E-state index < -0.39 is 0 Å². The first-order valence-corrected chi connectivity index (χ1v) is 8.24. The van der Waals surface area contributed by atoms with Crippen molar-refractivity contribution in [3.63, 3.8) is 0 Å². The maximum Gasteiger partial charge on any atom is 0.134 e. The van der Waals surface area contributed by atoms with Crippen LogP contribution in [-0.4, -0.2) is 6.54 Å². The molecule has 0 aliphatic rings. The van der Waals surface area contributed by atoms with Crippen molar-refractivity contribution >= 4 is 15.9 Å². The average Bonchev–Trinajstić information content (AvgIpc) is 2.52. The Morgan fingerprint density at radius 2 is 1.86 bits per heavy atom. The van der Waals surface area contributed by atoms with Gasteiger partial charge < -0.3 is 10.1 Å². The highest BCUT2D eigenvalue weighted by Gasteiger charge is 2.03. The molecule has 0 radical (unpaired) electrons. The Morgan fingerprint density at radius 1 is 1.05 bits per heavy atom. The third kappa shape index (κ3) is 5.52. The molecule has 2 aromatic rings. The number of rotatable bonds is 8. The predicted octanol–water partition coefficient (Wildman–Crippen LogP) is 4.92. The molecule has 21 heavy (non-hydrogen) atoms. The molecule has 1 N–H and O–H groups in total. The van der Waals surface area contributed by atoms with Gasteiger partial charge in [0.2, 0.25) is 0 Å². The fraction of sp³-hybridized carbons (Fsp3) is 0.333. The van der Waals surface area contributed by atoms with Gasteiger partial charge >= 0.3 is 0 Å². The lowest BCUT2D eigenvalue weighted by atomic mass is 10.2. The highest BCUT2D eigenvalue weighted by Crippen LogP contribution is 2.26. The van der Waals surface area contributed by atoms with E-state index >= 15 is 0 Å². The minimum atomic E-state index is 0.591. The van der Waals surface area contributed by atoms with E-state index in [1.807, 2.05) is 24.3 Å². The van der Waals surface area contributed by atoms with Crippen molar-refractivity contribution in [2.45, 2.75) is 32.9 Å². The molecule has 2 aromatic carbocycles. The Kier molecular flexibility index (Phi) is 6.77. The van der Waals surface area contributed by atoms with Gasteiger partial charge in [-0.05, 0) is 52.2 Å². The Hall–Kier alpha value is -1.32. The normalized spacial score (nSPS) is 10.6. The Bertz CT molecular complexity index is 542. The van der Waals surface area contributed by atoms with Crippen molar-refractivity contribution in [3.05, 3.63) is 64.1 Å². The van der Waals surface area contributed by atoms with E-state index in [-0.39, 0.29) is 0 Å². The van der Waals surface area contributed by atoms with Gasteiger partial charge in [-0.1, -0.05) is 49.7 Å². The molecular weight excluding hydrogens is 326 g/mol. The maximum absolute atomic E-state index is 5.85. The number of ether oxygens (including phenoxy) is 1.